The van der Waals surface area contributed by atoms with Crippen LogP contribution >= 0.6 is 0 Å². The van der Waals surface area contributed by atoms with Crippen LogP contribution < -0.4 is 4.74 Å². The first-order valence-electron chi connectivity index (χ1n) is 12.2. The minimum Gasteiger partial charge on any atom is -0.489 e. The number of aromatic nitrogens is 1. The molecule has 0 radical (unpaired) electrons. The average Bonchev–Trinajstić information content (AvgIpc) is 2.81. The molecule has 3 heterocycles. The number of benzene rings is 1. The zero-order valence-corrected chi connectivity index (χ0v) is 20.3. The molecule has 6 nitrogen and oxygen atoms in total. The number of carbonyl (C=O) groups excluding carboxylic acids is 1. The van der Waals surface area contributed by atoms with E-state index in [1.54, 1.807) is 6.07 Å². The van der Waals surface area contributed by atoms with Crippen LogP contribution in [-0.4, -0.2) is 53.3 Å². The number of rotatable bonds is 6. The lowest BCUT2D eigenvalue weighted by Crippen LogP contribution is -2.52. The third kappa shape index (κ3) is 5.56. The van der Waals surface area contributed by atoms with Gasteiger partial charge < -0.3 is 19.1 Å². The van der Waals surface area contributed by atoms with Crippen molar-refractivity contribution in [2.24, 2.45) is 0 Å². The van der Waals surface area contributed by atoms with Gasteiger partial charge in [0, 0.05) is 32.5 Å². The van der Waals surface area contributed by atoms with Gasteiger partial charge in [0.2, 0.25) is 0 Å². The van der Waals surface area contributed by atoms with Crippen molar-refractivity contribution in [1.29, 1.82) is 0 Å². The van der Waals surface area contributed by atoms with E-state index in [4.69, 9.17) is 14.2 Å². The fraction of sp³-hybridized carbons (Fsp3) is 0.556. The molecule has 1 amide bonds. The Kier molecular flexibility index (Phi) is 7.35. The summed E-state index contributed by atoms with van der Waals surface area (Å²) in [6.07, 6.45) is 3.63. The van der Waals surface area contributed by atoms with Gasteiger partial charge in [-0.1, -0.05) is 30.3 Å². The molecule has 1 aromatic carbocycles. The van der Waals surface area contributed by atoms with Crippen LogP contribution in [0.3, 0.4) is 0 Å². The predicted molar refractivity (Wildman–Crippen MR) is 128 cm³/mol. The number of aryl methyl sites for hydroxylation is 1. The molecule has 2 unspecified atom stereocenters. The monoisotopic (exact) mass is 452 g/mol. The highest BCUT2D eigenvalue weighted by molar-refractivity contribution is 5.92. The summed E-state index contributed by atoms with van der Waals surface area (Å²) >= 11 is 0. The molecule has 2 aliphatic heterocycles. The fourth-order valence-corrected chi connectivity index (χ4v) is 5.02. The van der Waals surface area contributed by atoms with Gasteiger partial charge in [-0.25, -0.2) is 4.98 Å². The Bertz CT molecular complexity index is 938. The second kappa shape index (κ2) is 10.2. The van der Waals surface area contributed by atoms with E-state index in [1.165, 1.54) is 5.56 Å². The molecule has 6 heteroatoms. The summed E-state index contributed by atoms with van der Waals surface area (Å²) in [7, 11) is 0. The second-order valence-electron chi connectivity index (χ2n) is 9.46. The molecule has 1 aromatic heterocycles. The quantitative estimate of drug-likeness (QED) is 0.610. The van der Waals surface area contributed by atoms with Gasteiger partial charge in [-0.15, -0.1) is 0 Å². The maximum Gasteiger partial charge on any atom is 0.272 e. The van der Waals surface area contributed by atoms with Crippen molar-refractivity contribution in [1.82, 2.24) is 9.88 Å². The zero-order valence-electron chi connectivity index (χ0n) is 20.3. The van der Waals surface area contributed by atoms with Crippen molar-refractivity contribution in [2.75, 3.05) is 19.7 Å². The van der Waals surface area contributed by atoms with Crippen LogP contribution in [0.15, 0.2) is 42.5 Å². The summed E-state index contributed by atoms with van der Waals surface area (Å²) in [4.78, 5) is 19.6. The van der Waals surface area contributed by atoms with Gasteiger partial charge in [-0.2, -0.15) is 0 Å². The molecule has 2 aromatic rings. The lowest BCUT2D eigenvalue weighted by molar-refractivity contribution is -0.190. The molecule has 2 fully saturated rings. The Morgan fingerprint density at radius 1 is 1.18 bits per heavy atom. The van der Waals surface area contributed by atoms with E-state index >= 15 is 0 Å². The van der Waals surface area contributed by atoms with Crippen molar-refractivity contribution < 1.29 is 19.0 Å². The van der Waals surface area contributed by atoms with Gasteiger partial charge in [-0.3, -0.25) is 4.79 Å². The third-order valence-electron chi connectivity index (χ3n) is 6.62. The maximum absolute atomic E-state index is 13.2. The Hall–Kier alpha value is -2.44. The molecule has 4 rings (SSSR count). The molecule has 0 bridgehead atoms. The number of pyridine rings is 1. The van der Waals surface area contributed by atoms with Crippen LogP contribution in [0, 0.1) is 6.92 Å². The molecule has 0 N–H and O–H groups in total. The molecule has 2 atom stereocenters. The van der Waals surface area contributed by atoms with Gasteiger partial charge in [0.05, 0.1) is 29.6 Å². The van der Waals surface area contributed by atoms with E-state index in [0.29, 0.717) is 25.4 Å². The first-order chi connectivity index (χ1) is 15.9. The van der Waals surface area contributed by atoms with E-state index < -0.39 is 0 Å². The molecular formula is C27H36N2O4. The Morgan fingerprint density at radius 3 is 2.55 bits per heavy atom. The van der Waals surface area contributed by atoms with Gasteiger partial charge >= 0.3 is 0 Å². The molecular weight excluding hydrogens is 416 g/mol. The summed E-state index contributed by atoms with van der Waals surface area (Å²) in [6, 6.07) is 14.0. The topological polar surface area (TPSA) is 60.9 Å². The molecule has 1 spiro atoms. The SMILES string of the molecule is CCOC1CC(c2ccccc2)OC2(CCN(C(=O)c3ccc(OC(C)C)c(C)n3)CC2)C1. The number of piperidine rings is 1. The van der Waals surface area contributed by atoms with Crippen LogP contribution in [0.2, 0.25) is 0 Å². The largest absolute Gasteiger partial charge is 0.489 e. The van der Waals surface area contributed by atoms with E-state index in [-0.39, 0.29) is 29.8 Å². The number of nitrogens with zero attached hydrogens (tertiary/aromatic N) is 2. The average molecular weight is 453 g/mol. The standard InChI is InChI=1S/C27H36N2O4/c1-5-31-22-17-25(21-9-7-6-8-10-21)33-27(18-22)13-15-29(16-14-27)26(30)23-11-12-24(20(4)28-23)32-19(2)3/h6-12,19,22,25H,5,13-18H2,1-4H3. The van der Waals surface area contributed by atoms with Crippen LogP contribution in [0.1, 0.15) is 74.3 Å². The van der Waals surface area contributed by atoms with Crippen molar-refractivity contribution in [3.8, 4) is 5.75 Å². The van der Waals surface area contributed by atoms with Gasteiger partial charge in [0.25, 0.3) is 5.91 Å². The number of hydrogen-bond acceptors (Lipinski definition) is 5. The number of likely N-dealkylation sites (tertiary alicyclic amines) is 1. The summed E-state index contributed by atoms with van der Waals surface area (Å²) < 4.78 is 18.6. The normalized spacial score (nSPS) is 22.5. The smallest absolute Gasteiger partial charge is 0.272 e. The highest BCUT2D eigenvalue weighted by atomic mass is 16.5. The minimum absolute atomic E-state index is 0.0246. The first kappa shape index (κ1) is 23.7. The molecule has 178 valence electrons. The van der Waals surface area contributed by atoms with Crippen molar-refractivity contribution in [3.63, 3.8) is 0 Å². The molecule has 33 heavy (non-hydrogen) atoms. The molecule has 0 aliphatic carbocycles. The summed E-state index contributed by atoms with van der Waals surface area (Å²) in [5.74, 6) is 0.699. The number of ether oxygens (including phenoxy) is 3. The highest BCUT2D eigenvalue weighted by Crippen LogP contribution is 2.44. The van der Waals surface area contributed by atoms with Crippen LogP contribution in [0.25, 0.3) is 0 Å². The lowest BCUT2D eigenvalue weighted by atomic mass is 9.80. The molecule has 0 saturated carbocycles. The van der Waals surface area contributed by atoms with Crippen molar-refractivity contribution in [3.05, 3.63) is 59.4 Å². The Labute approximate surface area is 197 Å². The Balaban J connectivity index is 1.44. The van der Waals surface area contributed by atoms with Gasteiger partial charge in [-0.05, 0) is 58.2 Å². The summed E-state index contributed by atoms with van der Waals surface area (Å²) in [5, 5.41) is 0. The first-order valence-corrected chi connectivity index (χ1v) is 12.2. The third-order valence-corrected chi connectivity index (χ3v) is 6.62. The number of hydrogen-bond donors (Lipinski definition) is 0. The predicted octanol–water partition coefficient (Wildman–Crippen LogP) is 5.11. The van der Waals surface area contributed by atoms with E-state index in [1.807, 2.05) is 44.7 Å². The van der Waals surface area contributed by atoms with E-state index in [9.17, 15) is 4.79 Å². The van der Waals surface area contributed by atoms with E-state index in [2.05, 4.69) is 29.2 Å². The van der Waals surface area contributed by atoms with Gasteiger partial charge in [0.1, 0.15) is 11.4 Å². The Morgan fingerprint density at radius 2 is 1.91 bits per heavy atom. The minimum atomic E-state index is -0.256. The lowest BCUT2D eigenvalue weighted by Gasteiger charge is -2.48. The fourth-order valence-electron chi connectivity index (χ4n) is 5.02. The van der Waals surface area contributed by atoms with E-state index in [0.717, 1.165) is 37.1 Å². The zero-order chi connectivity index (χ0) is 23.4. The highest BCUT2D eigenvalue weighted by Gasteiger charge is 2.45. The summed E-state index contributed by atoms with van der Waals surface area (Å²) in [6.45, 7) is 9.91. The number of amides is 1. The molecule has 2 saturated heterocycles. The maximum atomic E-state index is 13.2. The van der Waals surface area contributed by atoms with Crippen LogP contribution in [0.4, 0.5) is 0 Å². The summed E-state index contributed by atoms with van der Waals surface area (Å²) in [5.41, 5.74) is 2.15. The second-order valence-corrected chi connectivity index (χ2v) is 9.46. The van der Waals surface area contributed by atoms with Crippen LogP contribution in [-0.2, 0) is 9.47 Å². The number of carbonyl (C=O) groups is 1. The van der Waals surface area contributed by atoms with Gasteiger partial charge in [0.15, 0.2) is 0 Å². The van der Waals surface area contributed by atoms with Crippen molar-refractivity contribution in [2.45, 2.75) is 77.3 Å². The van der Waals surface area contributed by atoms with Crippen LogP contribution in [0.5, 0.6) is 5.75 Å². The molecule has 2 aliphatic rings. The van der Waals surface area contributed by atoms with Crippen molar-refractivity contribution >= 4 is 5.91 Å².